The second-order valence-corrected chi connectivity index (χ2v) is 30.9. The van der Waals surface area contributed by atoms with E-state index >= 15 is 0 Å². The lowest BCUT2D eigenvalue weighted by molar-refractivity contribution is -0.161. The van der Waals surface area contributed by atoms with Crippen molar-refractivity contribution < 1.29 is 80.2 Å². The van der Waals surface area contributed by atoms with Crippen LogP contribution in [0.5, 0.6) is 0 Å². The van der Waals surface area contributed by atoms with Crippen LogP contribution in [0.3, 0.4) is 0 Å². The maximum absolute atomic E-state index is 13.1. The smallest absolute Gasteiger partial charge is 0.462 e. The van der Waals surface area contributed by atoms with Gasteiger partial charge in [-0.1, -0.05) is 310 Å². The van der Waals surface area contributed by atoms with E-state index in [-0.39, 0.29) is 25.7 Å². The second kappa shape index (κ2) is 78.8. The highest BCUT2D eigenvalue weighted by Gasteiger charge is 2.30. The molecule has 106 heavy (non-hydrogen) atoms. The van der Waals surface area contributed by atoms with E-state index in [1.165, 1.54) is 89.9 Å². The van der Waals surface area contributed by atoms with Crippen LogP contribution in [-0.2, 0) is 65.4 Å². The van der Waals surface area contributed by atoms with Gasteiger partial charge in [-0.05, 0) is 135 Å². The van der Waals surface area contributed by atoms with E-state index in [1.807, 2.05) is 0 Å². The highest BCUT2D eigenvalue weighted by molar-refractivity contribution is 7.47. The summed E-state index contributed by atoms with van der Waals surface area (Å²) >= 11 is 0. The fraction of sp³-hybridized carbons (Fsp3) is 0.747. The molecular formula is C87H152O17P2. The molecule has 0 aromatic rings. The van der Waals surface area contributed by atoms with Crippen LogP contribution in [0, 0.1) is 0 Å². The molecule has 3 N–H and O–H groups in total. The summed E-state index contributed by atoms with van der Waals surface area (Å²) in [7, 11) is -9.97. The molecule has 5 unspecified atom stereocenters. The number of hydrogen-bond donors (Lipinski definition) is 3. The molecule has 0 radical (unpaired) electrons. The number of allylic oxidation sites excluding steroid dienone is 18. The minimum Gasteiger partial charge on any atom is -0.462 e. The van der Waals surface area contributed by atoms with Gasteiger partial charge in [-0.2, -0.15) is 0 Å². The Bertz CT molecular complexity index is 2430. The van der Waals surface area contributed by atoms with E-state index in [1.54, 1.807) is 0 Å². The Balaban J connectivity index is 5.38. The van der Waals surface area contributed by atoms with Gasteiger partial charge in [-0.25, -0.2) is 9.13 Å². The molecule has 0 heterocycles. The first-order valence-corrected chi connectivity index (χ1v) is 45.1. The number of aliphatic hydroxyl groups excluding tert-OH is 1. The van der Waals surface area contributed by atoms with Gasteiger partial charge in [0.25, 0.3) is 0 Å². The quantitative estimate of drug-likeness (QED) is 0.0169. The Morgan fingerprint density at radius 1 is 0.274 bits per heavy atom. The van der Waals surface area contributed by atoms with E-state index in [9.17, 15) is 43.2 Å². The van der Waals surface area contributed by atoms with Gasteiger partial charge in [0.15, 0.2) is 12.2 Å². The van der Waals surface area contributed by atoms with Crippen molar-refractivity contribution in [2.45, 2.75) is 380 Å². The first kappa shape index (κ1) is 102. The third-order valence-electron chi connectivity index (χ3n) is 17.7. The van der Waals surface area contributed by atoms with Gasteiger partial charge >= 0.3 is 39.5 Å². The van der Waals surface area contributed by atoms with Gasteiger partial charge in [0.2, 0.25) is 0 Å². The molecule has 0 aliphatic heterocycles. The standard InChI is InChI=1S/C87H152O17P2/c1-5-9-13-17-21-25-29-33-36-38-40-42-45-49-52-56-60-64-68-72-85(90)98-78-83(104-87(92)74-70-66-62-58-54-50-46-43-41-39-37-34-30-26-22-18-14-10-6-2)80-102-106(95,96)100-76-81(88)75-99-105(93,94)101-79-82(103-86(91)73-69-65-61-57-53-47-32-28-24-20-16-12-8-4)77-97-84(89)71-67-63-59-55-51-48-44-35-31-27-23-19-15-11-7-3/h9,13,21-23,25-27,33-37,40-44,81-83,88H,5-8,10-12,14-20,24,28-32,38-39,45-80H2,1-4H3,(H,93,94)(H,95,96)/b13-9-,25-21-,26-22-,27-23-,36-33-,37-34-,42-40-,43-41-,44-35-. The molecule has 17 nitrogen and oxygen atoms in total. The summed E-state index contributed by atoms with van der Waals surface area (Å²) in [5.41, 5.74) is 0. The molecule has 0 spiro atoms. The Labute approximate surface area is 645 Å². The molecule has 19 heteroatoms. The van der Waals surface area contributed by atoms with Crippen LogP contribution in [0.25, 0.3) is 0 Å². The molecule has 0 fully saturated rings. The lowest BCUT2D eigenvalue weighted by Gasteiger charge is -2.21. The van der Waals surface area contributed by atoms with Gasteiger partial charge in [-0.15, -0.1) is 0 Å². The zero-order valence-electron chi connectivity index (χ0n) is 67.1. The van der Waals surface area contributed by atoms with E-state index in [0.717, 1.165) is 193 Å². The molecule has 612 valence electrons. The summed E-state index contributed by atoms with van der Waals surface area (Å²) in [6, 6.07) is 0. The third-order valence-corrected chi connectivity index (χ3v) is 19.6. The van der Waals surface area contributed by atoms with Crippen molar-refractivity contribution in [2.75, 3.05) is 39.6 Å². The third kappa shape index (κ3) is 77.9. The average Bonchev–Trinajstić information content (AvgIpc) is 0.903. The zero-order chi connectivity index (χ0) is 77.4. The Kier molecular flexibility index (Phi) is 75.6. The lowest BCUT2D eigenvalue weighted by atomic mass is 10.0. The van der Waals surface area contributed by atoms with Gasteiger partial charge in [0.1, 0.15) is 19.3 Å². The number of unbranched alkanes of at least 4 members (excludes halogenated alkanes) is 35. The van der Waals surface area contributed by atoms with Gasteiger partial charge in [-0.3, -0.25) is 37.3 Å². The maximum atomic E-state index is 13.1. The number of phosphoric ester groups is 2. The van der Waals surface area contributed by atoms with Crippen LogP contribution in [0.2, 0.25) is 0 Å². The second-order valence-electron chi connectivity index (χ2n) is 28.0. The van der Waals surface area contributed by atoms with Crippen LogP contribution in [0.1, 0.15) is 362 Å². The van der Waals surface area contributed by atoms with Crippen molar-refractivity contribution in [3.05, 3.63) is 109 Å². The molecule has 0 aliphatic rings. The van der Waals surface area contributed by atoms with Gasteiger partial charge < -0.3 is 33.8 Å². The van der Waals surface area contributed by atoms with E-state index in [2.05, 4.69) is 137 Å². The van der Waals surface area contributed by atoms with Crippen molar-refractivity contribution in [3.8, 4) is 0 Å². The Morgan fingerprint density at radius 2 is 0.491 bits per heavy atom. The topological polar surface area (TPSA) is 237 Å². The Hall–Kier alpha value is -4.28. The molecule has 0 saturated heterocycles. The van der Waals surface area contributed by atoms with Crippen LogP contribution in [0.4, 0.5) is 0 Å². The van der Waals surface area contributed by atoms with Crippen LogP contribution in [0.15, 0.2) is 109 Å². The number of carbonyl (C=O) groups excluding carboxylic acids is 4. The van der Waals surface area contributed by atoms with E-state index < -0.39 is 97.5 Å². The summed E-state index contributed by atoms with van der Waals surface area (Å²) in [4.78, 5) is 73.2. The van der Waals surface area contributed by atoms with Crippen LogP contribution in [-0.4, -0.2) is 96.7 Å². The predicted molar refractivity (Wildman–Crippen MR) is 436 cm³/mol. The molecule has 0 amide bonds. The van der Waals surface area contributed by atoms with Crippen molar-refractivity contribution in [3.63, 3.8) is 0 Å². The highest BCUT2D eigenvalue weighted by atomic mass is 31.2. The molecular weight excluding hydrogens is 1380 g/mol. The number of esters is 4. The largest absolute Gasteiger partial charge is 0.472 e. The first-order chi connectivity index (χ1) is 51.7. The Morgan fingerprint density at radius 3 is 0.774 bits per heavy atom. The molecule has 0 rings (SSSR count). The highest BCUT2D eigenvalue weighted by Crippen LogP contribution is 2.45. The summed E-state index contributed by atoms with van der Waals surface area (Å²) in [6.07, 6.45) is 86.1. The van der Waals surface area contributed by atoms with Gasteiger partial charge in [0.05, 0.1) is 26.4 Å². The van der Waals surface area contributed by atoms with Crippen LogP contribution >= 0.6 is 15.6 Å². The zero-order valence-corrected chi connectivity index (χ0v) is 68.9. The molecule has 0 saturated carbocycles. The van der Waals surface area contributed by atoms with E-state index in [0.29, 0.717) is 25.7 Å². The first-order valence-electron chi connectivity index (χ1n) is 42.1. The maximum Gasteiger partial charge on any atom is 0.472 e. The summed E-state index contributed by atoms with van der Waals surface area (Å²) in [6.45, 7) is 4.72. The number of rotatable bonds is 79. The van der Waals surface area contributed by atoms with Gasteiger partial charge in [0, 0.05) is 25.7 Å². The minimum absolute atomic E-state index is 0.0761. The predicted octanol–water partition coefficient (Wildman–Crippen LogP) is 24.9. The lowest BCUT2D eigenvalue weighted by Crippen LogP contribution is -2.30. The minimum atomic E-state index is -4.99. The monoisotopic (exact) mass is 1530 g/mol. The number of phosphoric acid groups is 2. The number of carbonyl (C=O) groups is 4. The SMILES string of the molecule is CC/C=C\C/C=C\C/C=C\C/C=C\CCCCCCCCC(=O)OCC(COP(=O)(O)OCC(O)COP(=O)(O)OCC(COC(=O)CCCCCCC/C=C\C/C=C\CCCCC)OC(=O)CCCCCCCCCCCCCCC)OC(=O)CCCCCCCC/C=C\C/C=C\C/C=C\CCCCC. The molecule has 0 aromatic carbocycles. The van der Waals surface area contributed by atoms with Crippen molar-refractivity contribution in [1.29, 1.82) is 0 Å². The number of hydrogen-bond acceptors (Lipinski definition) is 15. The molecule has 0 aromatic heterocycles. The van der Waals surface area contributed by atoms with E-state index in [4.69, 9.17) is 37.0 Å². The summed E-state index contributed by atoms with van der Waals surface area (Å²) in [5, 5.41) is 10.7. The van der Waals surface area contributed by atoms with Crippen molar-refractivity contribution in [2.24, 2.45) is 0 Å². The number of ether oxygens (including phenoxy) is 4. The summed E-state index contributed by atoms with van der Waals surface area (Å²) in [5.74, 6) is -2.20. The van der Waals surface area contributed by atoms with Crippen molar-refractivity contribution in [1.82, 2.24) is 0 Å². The number of aliphatic hydroxyl groups is 1. The molecule has 0 bridgehead atoms. The molecule has 5 atom stereocenters. The van der Waals surface area contributed by atoms with Crippen molar-refractivity contribution >= 4 is 39.5 Å². The normalized spacial score (nSPS) is 14.4. The summed E-state index contributed by atoms with van der Waals surface area (Å²) < 4.78 is 68.7. The average molecular weight is 1530 g/mol. The fourth-order valence-electron chi connectivity index (χ4n) is 11.3. The molecule has 0 aliphatic carbocycles. The van der Waals surface area contributed by atoms with Crippen LogP contribution < -0.4 is 0 Å². The fourth-order valence-corrected chi connectivity index (χ4v) is 12.9.